The van der Waals surface area contributed by atoms with E-state index in [1.165, 1.54) is 0 Å². The first-order valence-electron chi connectivity index (χ1n) is 6.42. The average molecular weight is 423 g/mol. The van der Waals surface area contributed by atoms with Crippen molar-refractivity contribution in [2.45, 2.75) is 41.4 Å². The first-order valence-corrected chi connectivity index (χ1v) is 6.80. The Hall–Kier alpha value is -1.30. The van der Waals surface area contributed by atoms with Gasteiger partial charge in [0.15, 0.2) is 0 Å². The summed E-state index contributed by atoms with van der Waals surface area (Å²) < 4.78 is 149. The lowest BCUT2D eigenvalue weighted by atomic mass is 9.68. The van der Waals surface area contributed by atoms with E-state index in [1.807, 2.05) is 0 Å². The fourth-order valence-corrected chi connectivity index (χ4v) is 2.69. The lowest BCUT2D eigenvalue weighted by Gasteiger charge is -2.53. The molecule has 148 valence electrons. The Kier molecular flexibility index (Phi) is 4.34. The van der Waals surface area contributed by atoms with E-state index in [4.69, 9.17) is 11.6 Å². The summed E-state index contributed by atoms with van der Waals surface area (Å²) in [5, 5.41) is 9.03. The van der Waals surface area contributed by atoms with Crippen LogP contribution in [-0.2, 0) is 0 Å². The van der Waals surface area contributed by atoms with E-state index in [2.05, 4.69) is 0 Å². The van der Waals surface area contributed by atoms with Crippen molar-refractivity contribution in [3.05, 3.63) is 34.9 Å². The van der Waals surface area contributed by atoms with Crippen LogP contribution < -0.4 is 0 Å². The van der Waals surface area contributed by atoms with E-state index in [-0.39, 0.29) is 0 Å². The largest absolute Gasteiger partial charge is 0.385 e. The Morgan fingerprint density at radius 2 is 1.08 bits per heavy atom. The van der Waals surface area contributed by atoms with Gasteiger partial charge in [0.25, 0.3) is 5.67 Å². The molecule has 0 aromatic heterocycles. The van der Waals surface area contributed by atoms with Crippen molar-refractivity contribution in [1.82, 2.24) is 0 Å². The molecule has 0 amide bonds. The van der Waals surface area contributed by atoms with Gasteiger partial charge in [-0.05, 0) is 17.7 Å². The molecule has 1 saturated carbocycles. The summed E-state index contributed by atoms with van der Waals surface area (Å²) in [5.74, 6) is -36.1. The highest BCUT2D eigenvalue weighted by molar-refractivity contribution is 6.30. The molecular formula is C13H6ClF11O. The van der Waals surface area contributed by atoms with Gasteiger partial charge in [-0.2, -0.15) is 43.9 Å². The van der Waals surface area contributed by atoms with Crippen LogP contribution in [0.25, 0.3) is 0 Å². The monoisotopic (exact) mass is 422 g/mol. The molecule has 1 N–H and O–H groups in total. The van der Waals surface area contributed by atoms with E-state index in [1.54, 1.807) is 0 Å². The number of rotatable bonds is 2. The number of benzene rings is 1. The average Bonchev–Trinajstić information content (AvgIpc) is 2.51. The third kappa shape index (κ3) is 2.02. The summed E-state index contributed by atoms with van der Waals surface area (Å²) in [6, 6.07) is 2.47. The third-order valence-corrected chi connectivity index (χ3v) is 4.27. The van der Waals surface area contributed by atoms with E-state index in [9.17, 15) is 53.4 Å². The highest BCUT2D eigenvalue weighted by Gasteiger charge is 3.02. The standard InChI is InChI=1S/C13H6ClF11O/c14-6-3-1-2-5(4-6)7(26)8(15)9(16,17)11(20,21)13(24,25)12(22,23)10(8,18)19/h1-4,7,26H. The molecule has 0 bridgehead atoms. The second-order valence-electron chi connectivity index (χ2n) is 5.54. The predicted octanol–water partition coefficient (Wildman–Crippen LogP) is 5.27. The van der Waals surface area contributed by atoms with Gasteiger partial charge in [0, 0.05) is 5.02 Å². The Labute approximate surface area is 142 Å². The number of hydrogen-bond acceptors (Lipinski definition) is 1. The molecule has 1 atom stereocenters. The Morgan fingerprint density at radius 1 is 0.692 bits per heavy atom. The van der Waals surface area contributed by atoms with Crippen LogP contribution in [0.4, 0.5) is 48.3 Å². The molecule has 1 aromatic carbocycles. The van der Waals surface area contributed by atoms with E-state index >= 15 is 0 Å². The molecule has 13 heteroatoms. The number of halogens is 12. The number of aliphatic hydroxyl groups excluding tert-OH is 1. The maximum absolute atomic E-state index is 14.6. The molecule has 0 aliphatic heterocycles. The Balaban J connectivity index is 2.83. The van der Waals surface area contributed by atoms with Crippen molar-refractivity contribution < 1.29 is 53.4 Å². The summed E-state index contributed by atoms with van der Waals surface area (Å²) in [6.45, 7) is 0. The molecule has 26 heavy (non-hydrogen) atoms. The molecule has 0 spiro atoms. The minimum Gasteiger partial charge on any atom is -0.385 e. The van der Waals surface area contributed by atoms with Crippen LogP contribution in [0, 0.1) is 0 Å². The topological polar surface area (TPSA) is 20.2 Å². The Morgan fingerprint density at radius 3 is 1.46 bits per heavy atom. The SMILES string of the molecule is OC(c1cccc(Cl)c1)C1(F)C(F)(F)C(F)(F)C(F)(F)C(F)(F)C1(F)F. The maximum atomic E-state index is 14.6. The van der Waals surface area contributed by atoms with Crippen molar-refractivity contribution in [1.29, 1.82) is 0 Å². The third-order valence-electron chi connectivity index (χ3n) is 4.03. The highest BCUT2D eigenvalue weighted by Crippen LogP contribution is 2.71. The zero-order valence-corrected chi connectivity index (χ0v) is 12.6. The molecule has 1 nitrogen and oxygen atoms in total. The van der Waals surface area contributed by atoms with Crippen LogP contribution in [0.1, 0.15) is 11.7 Å². The summed E-state index contributed by atoms with van der Waals surface area (Å²) in [5.41, 5.74) is -7.84. The normalized spacial score (nSPS) is 28.3. The zero-order chi connectivity index (χ0) is 20.6. The van der Waals surface area contributed by atoms with Gasteiger partial charge < -0.3 is 5.11 Å². The molecule has 1 aliphatic carbocycles. The van der Waals surface area contributed by atoms with Gasteiger partial charge in [0.1, 0.15) is 6.10 Å². The molecule has 0 heterocycles. The van der Waals surface area contributed by atoms with Crippen molar-refractivity contribution in [3.63, 3.8) is 0 Å². The van der Waals surface area contributed by atoms with Crippen LogP contribution in [0.2, 0.25) is 5.02 Å². The van der Waals surface area contributed by atoms with Gasteiger partial charge in [0.2, 0.25) is 0 Å². The summed E-state index contributed by atoms with van der Waals surface area (Å²) in [6.07, 6.45) is -4.06. The summed E-state index contributed by atoms with van der Waals surface area (Å²) >= 11 is 5.35. The van der Waals surface area contributed by atoms with Gasteiger partial charge in [0.05, 0.1) is 0 Å². The molecule has 1 unspecified atom stereocenters. The van der Waals surface area contributed by atoms with Crippen molar-refractivity contribution in [3.8, 4) is 0 Å². The predicted molar refractivity (Wildman–Crippen MR) is 65.0 cm³/mol. The second-order valence-corrected chi connectivity index (χ2v) is 5.98. The fourth-order valence-electron chi connectivity index (χ4n) is 2.50. The quantitative estimate of drug-likeness (QED) is 0.644. The van der Waals surface area contributed by atoms with Crippen molar-refractivity contribution in [2.24, 2.45) is 0 Å². The second kappa shape index (κ2) is 5.37. The van der Waals surface area contributed by atoms with Crippen LogP contribution in [0.5, 0.6) is 0 Å². The van der Waals surface area contributed by atoms with E-state index in [0.29, 0.717) is 12.1 Å². The lowest BCUT2D eigenvalue weighted by molar-refractivity contribution is -0.494. The minimum absolute atomic E-state index is 0.336. The molecule has 0 radical (unpaired) electrons. The van der Waals surface area contributed by atoms with Crippen molar-refractivity contribution >= 4 is 11.6 Å². The maximum Gasteiger partial charge on any atom is 0.384 e. The summed E-state index contributed by atoms with van der Waals surface area (Å²) in [7, 11) is 0. The lowest BCUT2D eigenvalue weighted by Crippen LogP contribution is -2.84. The van der Waals surface area contributed by atoms with Crippen molar-refractivity contribution in [2.75, 3.05) is 0 Å². The molecular weight excluding hydrogens is 417 g/mol. The summed E-state index contributed by atoms with van der Waals surface area (Å²) in [4.78, 5) is 0. The molecule has 1 aromatic rings. The van der Waals surface area contributed by atoms with Crippen LogP contribution in [0.3, 0.4) is 0 Å². The molecule has 0 saturated heterocycles. The Bertz CT molecular complexity index is 688. The fraction of sp³-hybridized carbons (Fsp3) is 0.538. The van der Waals surface area contributed by atoms with Gasteiger partial charge in [-0.3, -0.25) is 0 Å². The van der Waals surface area contributed by atoms with Gasteiger partial charge in [-0.1, -0.05) is 23.7 Å². The van der Waals surface area contributed by atoms with Crippen LogP contribution in [0.15, 0.2) is 24.3 Å². The van der Waals surface area contributed by atoms with Crippen LogP contribution in [-0.4, -0.2) is 40.4 Å². The molecule has 1 fully saturated rings. The smallest absolute Gasteiger partial charge is 0.384 e. The van der Waals surface area contributed by atoms with Crippen LogP contribution >= 0.6 is 11.6 Å². The highest BCUT2D eigenvalue weighted by atomic mass is 35.5. The number of aliphatic hydroxyl groups is 1. The van der Waals surface area contributed by atoms with E-state index in [0.717, 1.165) is 12.1 Å². The first kappa shape index (κ1) is 21.0. The molecule has 2 rings (SSSR count). The zero-order valence-electron chi connectivity index (χ0n) is 11.9. The van der Waals surface area contributed by atoms with Gasteiger partial charge in [-0.15, -0.1) is 0 Å². The first-order chi connectivity index (χ1) is 11.4. The number of alkyl halides is 11. The van der Waals surface area contributed by atoms with E-state index < -0.39 is 52.0 Å². The van der Waals surface area contributed by atoms with Gasteiger partial charge in [-0.25, -0.2) is 4.39 Å². The number of hydrogen-bond donors (Lipinski definition) is 1. The minimum atomic E-state index is -7.32. The molecule has 1 aliphatic rings. The van der Waals surface area contributed by atoms with Gasteiger partial charge >= 0.3 is 29.6 Å².